The molecule has 0 aliphatic carbocycles. The number of ether oxygens (including phenoxy) is 1. The quantitative estimate of drug-likeness (QED) is 0.647. The van der Waals surface area contributed by atoms with E-state index >= 15 is 0 Å². The summed E-state index contributed by atoms with van der Waals surface area (Å²) in [6.07, 6.45) is 0.205. The number of halogens is 1. The van der Waals surface area contributed by atoms with Crippen LogP contribution in [0.4, 0.5) is 4.39 Å². The highest BCUT2D eigenvalue weighted by molar-refractivity contribution is 7.80. The van der Waals surface area contributed by atoms with Crippen molar-refractivity contribution in [2.75, 3.05) is 7.11 Å². The van der Waals surface area contributed by atoms with Crippen LogP contribution in [0.1, 0.15) is 38.8 Å². The van der Waals surface area contributed by atoms with Gasteiger partial charge in [-0.25, -0.2) is 4.39 Å². The smallest absolute Gasteiger partial charge is 0.307 e. The van der Waals surface area contributed by atoms with Crippen LogP contribution in [-0.4, -0.2) is 23.7 Å². The average molecular weight is 312 g/mol. The predicted octanol–water partition coefficient (Wildman–Crippen LogP) is 2.69. The third-order valence-corrected chi connectivity index (χ3v) is 3.20. The number of hydrogen-bond donors (Lipinski definition) is 2. The molecule has 1 rings (SSSR count). The summed E-state index contributed by atoms with van der Waals surface area (Å²) in [4.78, 5) is 11.3. The van der Waals surface area contributed by atoms with E-state index in [0.29, 0.717) is 5.11 Å². The van der Waals surface area contributed by atoms with Gasteiger partial charge < -0.3 is 15.4 Å². The zero-order valence-electron chi connectivity index (χ0n) is 12.7. The number of nitrogens with one attached hydrogen (secondary N) is 2. The van der Waals surface area contributed by atoms with Gasteiger partial charge in [0.05, 0.1) is 19.6 Å². The van der Waals surface area contributed by atoms with Gasteiger partial charge in [0.25, 0.3) is 0 Å². The Morgan fingerprint density at radius 3 is 2.48 bits per heavy atom. The molecule has 0 saturated carbocycles. The van der Waals surface area contributed by atoms with Gasteiger partial charge in [0, 0.05) is 5.54 Å². The molecule has 1 aromatic carbocycles. The Hall–Kier alpha value is -1.69. The number of esters is 1. The number of methoxy groups -OCH3 is 1. The van der Waals surface area contributed by atoms with Gasteiger partial charge in [0.2, 0.25) is 0 Å². The van der Waals surface area contributed by atoms with Crippen LogP contribution in [0.2, 0.25) is 0 Å². The molecular formula is C15H21FN2O2S. The minimum absolute atomic E-state index is 0.0699. The van der Waals surface area contributed by atoms with Gasteiger partial charge in [-0.1, -0.05) is 12.1 Å². The Kier molecular flexibility index (Phi) is 6.08. The first-order valence-corrected chi connectivity index (χ1v) is 7.05. The van der Waals surface area contributed by atoms with E-state index in [4.69, 9.17) is 12.2 Å². The van der Waals surface area contributed by atoms with Crippen molar-refractivity contribution in [2.24, 2.45) is 0 Å². The molecule has 0 aliphatic rings. The van der Waals surface area contributed by atoms with Gasteiger partial charge in [-0.05, 0) is 50.7 Å². The van der Waals surface area contributed by atoms with E-state index in [9.17, 15) is 9.18 Å². The lowest BCUT2D eigenvalue weighted by Gasteiger charge is -2.28. The van der Waals surface area contributed by atoms with Crippen LogP contribution in [-0.2, 0) is 9.53 Å². The Morgan fingerprint density at radius 1 is 1.38 bits per heavy atom. The Balaban J connectivity index is 2.56. The molecule has 0 spiro atoms. The summed E-state index contributed by atoms with van der Waals surface area (Å²) in [5.41, 5.74) is 0.408. The number of thiocarbonyl (C=S) groups is 1. The summed E-state index contributed by atoms with van der Waals surface area (Å²) in [5, 5.41) is 6.62. The molecular weight excluding hydrogens is 291 g/mol. The van der Waals surface area contributed by atoms with Crippen molar-refractivity contribution in [3.8, 4) is 0 Å². The summed E-state index contributed by atoms with van der Waals surface area (Å²) in [7, 11) is 1.35. The summed E-state index contributed by atoms with van der Waals surface area (Å²) in [6.45, 7) is 5.65. The second-order valence-electron chi connectivity index (χ2n) is 5.51. The fourth-order valence-corrected chi connectivity index (χ4v) is 2.31. The van der Waals surface area contributed by atoms with Crippen molar-refractivity contribution < 1.29 is 13.9 Å². The second kappa shape index (κ2) is 7.36. The predicted molar refractivity (Wildman–Crippen MR) is 84.4 cm³/mol. The van der Waals surface area contributed by atoms with E-state index in [2.05, 4.69) is 15.4 Å². The van der Waals surface area contributed by atoms with Crippen LogP contribution in [0.15, 0.2) is 24.3 Å². The molecule has 21 heavy (non-hydrogen) atoms. The molecule has 0 amide bonds. The van der Waals surface area contributed by atoms with Crippen molar-refractivity contribution in [3.63, 3.8) is 0 Å². The van der Waals surface area contributed by atoms with E-state index in [0.717, 1.165) is 5.56 Å². The molecule has 6 heteroatoms. The number of benzene rings is 1. The molecule has 2 N–H and O–H groups in total. The van der Waals surface area contributed by atoms with Gasteiger partial charge >= 0.3 is 5.97 Å². The standard InChI is InChI=1S/C15H21FN2O2S/c1-10(11-5-7-12(16)8-6-11)17-14(21)18-15(2,3)9-13(19)20-4/h5-8,10H,9H2,1-4H3,(H2,17,18,21). The SMILES string of the molecule is COC(=O)CC(C)(C)NC(=S)NC(C)c1ccc(F)cc1. The van der Waals surface area contributed by atoms with E-state index in [1.54, 1.807) is 12.1 Å². The molecule has 0 fully saturated rings. The van der Waals surface area contributed by atoms with Gasteiger partial charge in [-0.2, -0.15) is 0 Å². The molecule has 4 nitrogen and oxygen atoms in total. The summed E-state index contributed by atoms with van der Waals surface area (Å²) < 4.78 is 17.5. The number of carbonyl (C=O) groups is 1. The average Bonchev–Trinajstić information content (AvgIpc) is 2.37. The maximum Gasteiger partial charge on any atom is 0.307 e. The third kappa shape index (κ3) is 6.08. The molecule has 1 aromatic rings. The van der Waals surface area contributed by atoms with Crippen molar-refractivity contribution in [1.29, 1.82) is 0 Å². The van der Waals surface area contributed by atoms with Crippen LogP contribution in [0.5, 0.6) is 0 Å². The van der Waals surface area contributed by atoms with Gasteiger partial charge in [-0.15, -0.1) is 0 Å². The van der Waals surface area contributed by atoms with Gasteiger partial charge in [-0.3, -0.25) is 4.79 Å². The molecule has 116 valence electrons. The highest BCUT2D eigenvalue weighted by Gasteiger charge is 2.23. The molecule has 0 bridgehead atoms. The van der Waals surface area contributed by atoms with Crippen LogP contribution in [0.3, 0.4) is 0 Å². The van der Waals surface area contributed by atoms with Crippen LogP contribution in [0.25, 0.3) is 0 Å². The Labute approximate surface area is 130 Å². The lowest BCUT2D eigenvalue weighted by molar-refractivity contribution is -0.141. The van der Waals surface area contributed by atoms with Crippen molar-refractivity contribution in [1.82, 2.24) is 10.6 Å². The summed E-state index contributed by atoms with van der Waals surface area (Å²) in [5.74, 6) is -0.576. The first-order valence-electron chi connectivity index (χ1n) is 6.64. The molecule has 0 radical (unpaired) electrons. The first-order chi connectivity index (χ1) is 9.73. The van der Waals surface area contributed by atoms with Crippen molar-refractivity contribution in [3.05, 3.63) is 35.6 Å². The zero-order chi connectivity index (χ0) is 16.0. The molecule has 0 aliphatic heterocycles. The lowest BCUT2D eigenvalue weighted by Crippen LogP contribution is -2.49. The number of rotatable bonds is 5. The number of carbonyl (C=O) groups excluding carboxylic acids is 1. The van der Waals surface area contributed by atoms with Gasteiger partial charge in [0.1, 0.15) is 5.82 Å². The second-order valence-corrected chi connectivity index (χ2v) is 5.92. The van der Waals surface area contributed by atoms with Crippen molar-refractivity contribution >= 4 is 23.3 Å². The molecule has 0 saturated heterocycles. The molecule has 0 heterocycles. The monoisotopic (exact) mass is 312 g/mol. The van der Waals surface area contributed by atoms with Crippen LogP contribution >= 0.6 is 12.2 Å². The highest BCUT2D eigenvalue weighted by Crippen LogP contribution is 2.14. The van der Waals surface area contributed by atoms with E-state index < -0.39 is 5.54 Å². The first kappa shape index (κ1) is 17.4. The number of hydrogen-bond acceptors (Lipinski definition) is 3. The normalized spacial score (nSPS) is 12.4. The van der Waals surface area contributed by atoms with Gasteiger partial charge in [0.15, 0.2) is 5.11 Å². The maximum atomic E-state index is 12.9. The topological polar surface area (TPSA) is 50.4 Å². The molecule has 1 atom stereocenters. The minimum Gasteiger partial charge on any atom is -0.469 e. The van der Waals surface area contributed by atoms with E-state index in [1.807, 2.05) is 20.8 Å². The van der Waals surface area contributed by atoms with Crippen molar-refractivity contribution in [2.45, 2.75) is 38.8 Å². The highest BCUT2D eigenvalue weighted by atomic mass is 32.1. The third-order valence-electron chi connectivity index (χ3n) is 2.98. The van der Waals surface area contributed by atoms with Crippen LogP contribution < -0.4 is 10.6 Å². The Bertz CT molecular complexity index is 503. The largest absolute Gasteiger partial charge is 0.469 e. The molecule has 1 unspecified atom stereocenters. The minimum atomic E-state index is -0.514. The molecule has 0 aromatic heterocycles. The zero-order valence-corrected chi connectivity index (χ0v) is 13.5. The lowest BCUT2D eigenvalue weighted by atomic mass is 10.0. The van der Waals surface area contributed by atoms with Crippen LogP contribution in [0, 0.1) is 5.82 Å². The summed E-state index contributed by atoms with van der Waals surface area (Å²) in [6, 6.07) is 6.15. The Morgan fingerprint density at radius 2 is 1.95 bits per heavy atom. The summed E-state index contributed by atoms with van der Waals surface area (Å²) >= 11 is 5.24. The fourth-order valence-electron chi connectivity index (χ4n) is 1.85. The van der Waals surface area contributed by atoms with E-state index in [-0.39, 0.29) is 24.2 Å². The fraction of sp³-hybridized carbons (Fsp3) is 0.467. The van der Waals surface area contributed by atoms with E-state index in [1.165, 1.54) is 19.2 Å². The maximum absolute atomic E-state index is 12.9.